The van der Waals surface area contributed by atoms with Crippen LogP contribution in [0.5, 0.6) is 5.75 Å². The molecule has 0 aliphatic carbocycles. The number of carboxylic acids is 1. The number of aliphatic carboxylic acids is 1. The summed E-state index contributed by atoms with van der Waals surface area (Å²) in [5.74, 6) is -2.36. The van der Waals surface area contributed by atoms with Gasteiger partial charge in [0, 0.05) is 6.07 Å². The molecule has 0 aliphatic heterocycles. The summed E-state index contributed by atoms with van der Waals surface area (Å²) in [5.41, 5.74) is -0.0750. The first kappa shape index (κ1) is 17.5. The molecule has 7 nitrogen and oxygen atoms in total. The highest BCUT2D eigenvalue weighted by molar-refractivity contribution is 5.94. The van der Waals surface area contributed by atoms with Gasteiger partial charge in [-0.1, -0.05) is 31.1 Å². The van der Waals surface area contributed by atoms with Crippen LogP contribution in [0.3, 0.4) is 0 Å². The highest BCUT2D eigenvalue weighted by Gasteiger charge is 2.25. The van der Waals surface area contributed by atoms with Crippen molar-refractivity contribution in [3.63, 3.8) is 0 Å². The molecular weight excluding hydrogens is 319 g/mol. The molecule has 1 aromatic carbocycles. The van der Waals surface area contributed by atoms with Crippen LogP contribution >= 0.6 is 0 Å². The van der Waals surface area contributed by atoms with Crippen LogP contribution in [0.4, 0.5) is 4.39 Å². The lowest BCUT2D eigenvalue weighted by molar-refractivity contribution is -0.140. The van der Waals surface area contributed by atoms with Gasteiger partial charge in [0.05, 0.1) is 0 Å². The summed E-state index contributed by atoms with van der Waals surface area (Å²) in [5, 5.41) is 15.0. The molecule has 1 atom stereocenters. The molecule has 0 radical (unpaired) electrons. The second-order valence-corrected chi connectivity index (χ2v) is 5.43. The van der Waals surface area contributed by atoms with E-state index >= 15 is 0 Å². The van der Waals surface area contributed by atoms with Crippen LogP contribution in [-0.4, -0.2) is 28.2 Å². The number of nitrogens with zero attached hydrogens (tertiary/aromatic N) is 1. The van der Waals surface area contributed by atoms with E-state index in [1.54, 1.807) is 19.9 Å². The minimum Gasteiger partial charge on any atom is -0.482 e. The van der Waals surface area contributed by atoms with Gasteiger partial charge in [-0.05, 0) is 18.1 Å². The van der Waals surface area contributed by atoms with Gasteiger partial charge in [-0.2, -0.15) is 0 Å². The van der Waals surface area contributed by atoms with Crippen LogP contribution in [0.2, 0.25) is 0 Å². The van der Waals surface area contributed by atoms with Gasteiger partial charge >= 0.3 is 5.97 Å². The molecule has 2 aromatic rings. The maximum absolute atomic E-state index is 13.4. The van der Waals surface area contributed by atoms with E-state index in [0.29, 0.717) is 0 Å². The zero-order valence-corrected chi connectivity index (χ0v) is 13.2. The SMILES string of the molecule is CC(C)C(NC(=O)c1cc(COc2ccccc2F)on1)C(=O)O. The predicted octanol–water partition coefficient (Wildman–Crippen LogP) is 2.23. The largest absolute Gasteiger partial charge is 0.482 e. The Morgan fingerprint density at radius 3 is 2.71 bits per heavy atom. The van der Waals surface area contributed by atoms with Gasteiger partial charge in [-0.3, -0.25) is 4.79 Å². The molecule has 8 heteroatoms. The molecule has 0 saturated carbocycles. The lowest BCUT2D eigenvalue weighted by Gasteiger charge is -2.16. The number of para-hydroxylation sites is 1. The van der Waals surface area contributed by atoms with Gasteiger partial charge in [-0.15, -0.1) is 0 Å². The third kappa shape index (κ3) is 4.31. The van der Waals surface area contributed by atoms with E-state index in [1.807, 2.05) is 0 Å². The summed E-state index contributed by atoms with van der Waals surface area (Å²) in [4.78, 5) is 23.1. The standard InChI is InChI=1S/C16H17FN2O5/c1-9(2)14(16(21)22)18-15(20)12-7-10(24-19-12)8-23-13-6-4-3-5-11(13)17/h3-7,9,14H,8H2,1-2H3,(H,18,20)(H,21,22). The van der Waals surface area contributed by atoms with Crippen molar-refractivity contribution in [2.45, 2.75) is 26.5 Å². The van der Waals surface area contributed by atoms with Crippen LogP contribution in [0, 0.1) is 11.7 Å². The predicted molar refractivity (Wildman–Crippen MR) is 81.0 cm³/mol. The summed E-state index contributed by atoms with van der Waals surface area (Å²) < 4.78 is 23.6. The average Bonchev–Trinajstić information content (AvgIpc) is 3.00. The van der Waals surface area contributed by atoms with E-state index in [0.717, 1.165) is 0 Å². The number of amides is 1. The number of nitrogens with one attached hydrogen (secondary N) is 1. The third-order valence-electron chi connectivity index (χ3n) is 3.22. The van der Waals surface area contributed by atoms with E-state index in [2.05, 4.69) is 10.5 Å². The van der Waals surface area contributed by atoms with Crippen LogP contribution in [0.25, 0.3) is 0 Å². The van der Waals surface area contributed by atoms with E-state index in [1.165, 1.54) is 24.3 Å². The fraction of sp³-hybridized carbons (Fsp3) is 0.312. The van der Waals surface area contributed by atoms with E-state index in [-0.39, 0.29) is 29.7 Å². The summed E-state index contributed by atoms with van der Waals surface area (Å²) >= 11 is 0. The normalized spacial score (nSPS) is 12.0. The highest BCUT2D eigenvalue weighted by atomic mass is 19.1. The molecule has 0 aliphatic rings. The maximum Gasteiger partial charge on any atom is 0.326 e. The Hall–Kier alpha value is -2.90. The van der Waals surface area contributed by atoms with Gasteiger partial charge < -0.3 is 19.7 Å². The minimum absolute atomic E-state index is 0.0469. The highest BCUT2D eigenvalue weighted by Crippen LogP contribution is 2.17. The molecule has 128 valence electrons. The first-order valence-corrected chi connectivity index (χ1v) is 7.25. The molecule has 2 rings (SSSR count). The molecule has 0 spiro atoms. The number of benzene rings is 1. The second kappa shape index (κ2) is 7.58. The number of ether oxygens (including phenoxy) is 1. The minimum atomic E-state index is -1.13. The Kier molecular flexibility index (Phi) is 5.51. The summed E-state index contributed by atoms with van der Waals surface area (Å²) in [7, 11) is 0. The lowest BCUT2D eigenvalue weighted by atomic mass is 10.0. The van der Waals surface area contributed by atoms with Gasteiger partial charge in [0.2, 0.25) is 0 Å². The molecule has 0 fully saturated rings. The van der Waals surface area contributed by atoms with Crippen molar-refractivity contribution in [2.75, 3.05) is 0 Å². The van der Waals surface area contributed by atoms with E-state index in [9.17, 15) is 14.0 Å². The van der Waals surface area contributed by atoms with Crippen molar-refractivity contribution in [1.82, 2.24) is 10.5 Å². The zero-order valence-electron chi connectivity index (χ0n) is 13.2. The van der Waals surface area contributed by atoms with Gasteiger partial charge in [0.15, 0.2) is 23.0 Å². The van der Waals surface area contributed by atoms with Gasteiger partial charge in [-0.25, -0.2) is 9.18 Å². The van der Waals surface area contributed by atoms with Gasteiger partial charge in [0.25, 0.3) is 5.91 Å². The fourth-order valence-corrected chi connectivity index (χ4v) is 1.93. The number of carbonyl (C=O) groups excluding carboxylic acids is 1. The summed E-state index contributed by atoms with van der Waals surface area (Å²) in [6.07, 6.45) is 0. The number of rotatable bonds is 7. The van der Waals surface area contributed by atoms with E-state index in [4.69, 9.17) is 14.4 Å². The van der Waals surface area contributed by atoms with Crippen molar-refractivity contribution < 1.29 is 28.3 Å². The van der Waals surface area contributed by atoms with Crippen molar-refractivity contribution in [3.05, 3.63) is 47.6 Å². The maximum atomic E-state index is 13.4. The Balaban J connectivity index is 1.98. The number of hydrogen-bond acceptors (Lipinski definition) is 5. The lowest BCUT2D eigenvalue weighted by Crippen LogP contribution is -2.44. The van der Waals surface area contributed by atoms with E-state index < -0.39 is 23.7 Å². The van der Waals surface area contributed by atoms with Crippen molar-refractivity contribution in [2.24, 2.45) is 5.92 Å². The molecular formula is C16H17FN2O5. The zero-order chi connectivity index (χ0) is 17.7. The quantitative estimate of drug-likeness (QED) is 0.804. The Morgan fingerprint density at radius 1 is 1.38 bits per heavy atom. The Bertz CT molecular complexity index is 729. The third-order valence-corrected chi connectivity index (χ3v) is 3.22. The Labute approximate surface area is 137 Å². The monoisotopic (exact) mass is 336 g/mol. The van der Waals surface area contributed by atoms with Crippen LogP contribution in [0.1, 0.15) is 30.1 Å². The second-order valence-electron chi connectivity index (χ2n) is 5.43. The molecule has 1 aromatic heterocycles. The fourth-order valence-electron chi connectivity index (χ4n) is 1.93. The van der Waals surface area contributed by atoms with Gasteiger partial charge in [0.1, 0.15) is 12.6 Å². The smallest absolute Gasteiger partial charge is 0.326 e. The number of aromatic nitrogens is 1. The number of carbonyl (C=O) groups is 2. The number of carboxylic acid groups (broad SMARTS) is 1. The first-order chi connectivity index (χ1) is 11.4. The molecule has 2 N–H and O–H groups in total. The number of halogens is 1. The summed E-state index contributed by atoms with van der Waals surface area (Å²) in [6, 6.07) is 6.15. The number of hydrogen-bond donors (Lipinski definition) is 2. The molecule has 0 bridgehead atoms. The molecule has 1 heterocycles. The van der Waals surface area contributed by atoms with Crippen LogP contribution < -0.4 is 10.1 Å². The molecule has 0 saturated heterocycles. The molecule has 24 heavy (non-hydrogen) atoms. The van der Waals surface area contributed by atoms with Crippen molar-refractivity contribution >= 4 is 11.9 Å². The topological polar surface area (TPSA) is 102 Å². The molecule has 1 unspecified atom stereocenters. The van der Waals surface area contributed by atoms with Crippen molar-refractivity contribution in [1.29, 1.82) is 0 Å². The van der Waals surface area contributed by atoms with Crippen LogP contribution in [0.15, 0.2) is 34.9 Å². The average molecular weight is 336 g/mol. The van der Waals surface area contributed by atoms with Crippen molar-refractivity contribution in [3.8, 4) is 5.75 Å². The Morgan fingerprint density at radius 2 is 2.08 bits per heavy atom. The summed E-state index contributed by atoms with van der Waals surface area (Å²) in [6.45, 7) is 3.23. The van der Waals surface area contributed by atoms with Crippen LogP contribution in [-0.2, 0) is 11.4 Å². The first-order valence-electron chi connectivity index (χ1n) is 7.25. The molecule has 1 amide bonds.